The Labute approximate surface area is 336 Å². The van der Waals surface area contributed by atoms with Gasteiger partial charge in [0.05, 0.1) is 34.1 Å². The zero-order chi connectivity index (χ0) is 38.4. The van der Waals surface area contributed by atoms with Gasteiger partial charge in [0.25, 0.3) is 0 Å². The van der Waals surface area contributed by atoms with Gasteiger partial charge in [0.1, 0.15) is 0 Å². The summed E-state index contributed by atoms with van der Waals surface area (Å²) in [4.78, 5) is 15.2. The molecule has 8 aromatic carbocycles. The first-order chi connectivity index (χ1) is 28.7. The quantitative estimate of drug-likeness (QED) is 0.169. The van der Waals surface area contributed by atoms with Gasteiger partial charge in [0.15, 0.2) is 28.8 Å². The number of aromatic nitrogens is 2. The number of hydrogen-bond donors (Lipinski definition) is 0. The van der Waals surface area contributed by atoms with Crippen LogP contribution in [0.15, 0.2) is 206 Å². The van der Waals surface area contributed by atoms with E-state index in [2.05, 4.69) is 119 Å². The monoisotopic (exact) mass is 746 g/mol. The SMILES string of the molecule is c1ccc(-c2ccc(-c3cc(-c4ccccc4)nc(-c4cc(N5c6ccccc6Oc6ccccc65)cc(N5c6ccccc6Oc6ccccc65)c4)n3)cc2)cc1. The first-order valence-corrected chi connectivity index (χ1v) is 19.3. The third-order valence-corrected chi connectivity index (χ3v) is 10.6. The van der Waals surface area contributed by atoms with Gasteiger partial charge < -0.3 is 19.3 Å². The molecule has 9 aromatic rings. The van der Waals surface area contributed by atoms with Crippen LogP contribution in [0.3, 0.4) is 0 Å². The molecule has 0 radical (unpaired) electrons. The number of nitrogens with zero attached hydrogens (tertiary/aromatic N) is 4. The molecule has 0 amide bonds. The lowest BCUT2D eigenvalue weighted by atomic mass is 10.0. The number of fused-ring (bicyclic) bond motifs is 4. The van der Waals surface area contributed by atoms with Gasteiger partial charge in [-0.15, -0.1) is 0 Å². The van der Waals surface area contributed by atoms with Crippen molar-refractivity contribution in [1.29, 1.82) is 0 Å². The summed E-state index contributed by atoms with van der Waals surface area (Å²) in [7, 11) is 0. The summed E-state index contributed by atoms with van der Waals surface area (Å²) in [6, 6.07) is 70.7. The van der Waals surface area contributed by atoms with E-state index in [1.54, 1.807) is 0 Å². The molecule has 2 aliphatic heterocycles. The Morgan fingerprint density at radius 1 is 0.293 bits per heavy atom. The lowest BCUT2D eigenvalue weighted by Crippen LogP contribution is -2.18. The van der Waals surface area contributed by atoms with Gasteiger partial charge in [-0.2, -0.15) is 0 Å². The first kappa shape index (κ1) is 33.4. The third-order valence-electron chi connectivity index (χ3n) is 10.6. The maximum absolute atomic E-state index is 6.46. The predicted molar refractivity (Wildman–Crippen MR) is 233 cm³/mol. The minimum Gasteiger partial charge on any atom is -0.453 e. The number of benzene rings is 8. The molecular formula is C52H34N4O2. The Morgan fingerprint density at radius 3 is 1.09 bits per heavy atom. The van der Waals surface area contributed by atoms with Gasteiger partial charge in [0.2, 0.25) is 0 Å². The van der Waals surface area contributed by atoms with Crippen molar-refractivity contribution in [2.75, 3.05) is 9.80 Å². The van der Waals surface area contributed by atoms with Gasteiger partial charge in [-0.25, -0.2) is 9.97 Å². The molecule has 3 heterocycles. The van der Waals surface area contributed by atoms with Gasteiger partial charge in [-0.1, -0.05) is 133 Å². The molecule has 0 saturated carbocycles. The van der Waals surface area contributed by atoms with E-state index >= 15 is 0 Å². The average Bonchev–Trinajstić information content (AvgIpc) is 3.30. The van der Waals surface area contributed by atoms with E-state index in [-0.39, 0.29) is 0 Å². The van der Waals surface area contributed by atoms with Crippen LogP contribution in [-0.2, 0) is 0 Å². The molecule has 0 saturated heterocycles. The lowest BCUT2D eigenvalue weighted by molar-refractivity contribution is 0.477. The highest BCUT2D eigenvalue weighted by atomic mass is 16.5. The molecule has 2 aliphatic rings. The topological polar surface area (TPSA) is 50.7 Å². The van der Waals surface area contributed by atoms with E-state index in [1.165, 1.54) is 5.56 Å². The van der Waals surface area contributed by atoms with Gasteiger partial charge in [-0.3, -0.25) is 0 Å². The first-order valence-electron chi connectivity index (χ1n) is 19.3. The summed E-state index contributed by atoms with van der Waals surface area (Å²) in [5, 5.41) is 0. The van der Waals surface area contributed by atoms with Crippen LogP contribution in [-0.4, -0.2) is 9.97 Å². The van der Waals surface area contributed by atoms with Gasteiger partial charge in [-0.05, 0) is 83.9 Å². The molecule has 0 aliphatic carbocycles. The van der Waals surface area contributed by atoms with Crippen LogP contribution >= 0.6 is 0 Å². The molecule has 0 fully saturated rings. The average molecular weight is 747 g/mol. The number of rotatable bonds is 6. The smallest absolute Gasteiger partial charge is 0.160 e. The van der Waals surface area contributed by atoms with Crippen molar-refractivity contribution in [2.24, 2.45) is 0 Å². The van der Waals surface area contributed by atoms with Crippen LogP contribution in [0, 0.1) is 0 Å². The second-order valence-corrected chi connectivity index (χ2v) is 14.3. The Morgan fingerprint density at radius 2 is 0.638 bits per heavy atom. The van der Waals surface area contributed by atoms with Crippen molar-refractivity contribution in [1.82, 2.24) is 9.97 Å². The molecule has 0 atom stereocenters. The Balaban J connectivity index is 1.15. The van der Waals surface area contributed by atoms with E-state index in [0.29, 0.717) is 5.82 Å². The van der Waals surface area contributed by atoms with E-state index < -0.39 is 0 Å². The molecule has 0 bridgehead atoms. The van der Waals surface area contributed by atoms with Crippen molar-refractivity contribution in [3.8, 4) is 68.0 Å². The normalized spacial score (nSPS) is 12.3. The van der Waals surface area contributed by atoms with Crippen LogP contribution in [0.1, 0.15) is 0 Å². The van der Waals surface area contributed by atoms with Crippen LogP contribution in [0.5, 0.6) is 23.0 Å². The van der Waals surface area contributed by atoms with E-state index in [9.17, 15) is 0 Å². The maximum Gasteiger partial charge on any atom is 0.160 e. The number of hydrogen-bond acceptors (Lipinski definition) is 6. The summed E-state index contributed by atoms with van der Waals surface area (Å²) >= 11 is 0. The largest absolute Gasteiger partial charge is 0.453 e. The lowest BCUT2D eigenvalue weighted by Gasteiger charge is -2.35. The number of anilines is 6. The second kappa shape index (κ2) is 14.0. The Bertz CT molecular complexity index is 2760. The number of para-hydroxylation sites is 8. The molecule has 6 heteroatoms. The molecule has 6 nitrogen and oxygen atoms in total. The third kappa shape index (κ3) is 5.92. The van der Waals surface area contributed by atoms with E-state index in [4.69, 9.17) is 19.4 Å². The fourth-order valence-electron chi connectivity index (χ4n) is 7.89. The van der Waals surface area contributed by atoms with Crippen molar-refractivity contribution in [3.05, 3.63) is 206 Å². The molecule has 1 aromatic heterocycles. The fraction of sp³-hybridized carbons (Fsp3) is 0. The highest BCUT2D eigenvalue weighted by molar-refractivity contribution is 5.93. The van der Waals surface area contributed by atoms with Crippen molar-refractivity contribution >= 4 is 34.1 Å². The van der Waals surface area contributed by atoms with Crippen LogP contribution in [0.2, 0.25) is 0 Å². The fourth-order valence-corrected chi connectivity index (χ4v) is 7.89. The maximum atomic E-state index is 6.46. The molecule has 0 spiro atoms. The summed E-state index contributed by atoms with van der Waals surface area (Å²) in [5.41, 5.74) is 12.5. The number of ether oxygens (including phenoxy) is 2. The Kier molecular flexibility index (Phi) is 8.04. The molecule has 274 valence electrons. The van der Waals surface area contributed by atoms with Gasteiger partial charge >= 0.3 is 0 Å². The molecule has 58 heavy (non-hydrogen) atoms. The van der Waals surface area contributed by atoms with E-state index in [0.717, 1.165) is 90.8 Å². The summed E-state index contributed by atoms with van der Waals surface area (Å²) in [5.74, 6) is 3.71. The van der Waals surface area contributed by atoms with Crippen LogP contribution in [0.4, 0.5) is 34.1 Å². The summed E-state index contributed by atoms with van der Waals surface area (Å²) in [6.07, 6.45) is 0. The Hall–Kier alpha value is -7.96. The summed E-state index contributed by atoms with van der Waals surface area (Å²) < 4.78 is 12.9. The second-order valence-electron chi connectivity index (χ2n) is 14.3. The molecular weight excluding hydrogens is 713 g/mol. The predicted octanol–water partition coefficient (Wildman–Crippen LogP) is 14.3. The molecule has 11 rings (SSSR count). The minimum atomic E-state index is 0.608. The zero-order valence-electron chi connectivity index (χ0n) is 31.2. The van der Waals surface area contributed by atoms with Crippen molar-refractivity contribution in [2.45, 2.75) is 0 Å². The van der Waals surface area contributed by atoms with Gasteiger partial charge in [0, 0.05) is 28.1 Å². The minimum absolute atomic E-state index is 0.608. The van der Waals surface area contributed by atoms with E-state index in [1.807, 2.05) is 97.1 Å². The standard InChI is InChI=1S/C52H34N4O2/c1-3-15-35(16-4-1)36-27-29-38(30-28-36)43-34-42(37-17-5-2-6-18-37)53-52(54-43)39-31-40(55-44-19-7-11-23-48(44)57-49-24-12-8-20-45(49)55)33-41(32-39)56-46-21-9-13-25-50(46)58-51-26-14-10-22-47(51)56/h1-34H. The van der Waals surface area contributed by atoms with Crippen molar-refractivity contribution in [3.63, 3.8) is 0 Å². The summed E-state index contributed by atoms with van der Waals surface area (Å²) in [6.45, 7) is 0. The van der Waals surface area contributed by atoms with Crippen LogP contribution in [0.25, 0.3) is 45.0 Å². The molecule has 0 N–H and O–H groups in total. The molecule has 0 unspecified atom stereocenters. The highest BCUT2D eigenvalue weighted by Crippen LogP contribution is 2.54. The van der Waals surface area contributed by atoms with Crippen molar-refractivity contribution < 1.29 is 9.47 Å². The van der Waals surface area contributed by atoms with Crippen LogP contribution < -0.4 is 19.3 Å². The zero-order valence-corrected chi connectivity index (χ0v) is 31.2. The highest BCUT2D eigenvalue weighted by Gasteiger charge is 2.30.